The maximum Gasteiger partial charge on any atom is 0.256 e. The van der Waals surface area contributed by atoms with Gasteiger partial charge in [-0.1, -0.05) is 30.3 Å². The van der Waals surface area contributed by atoms with Gasteiger partial charge in [0.15, 0.2) is 5.82 Å². The van der Waals surface area contributed by atoms with Gasteiger partial charge in [0.05, 0.1) is 17.9 Å². The zero-order valence-electron chi connectivity index (χ0n) is 21.1. The van der Waals surface area contributed by atoms with Crippen molar-refractivity contribution in [2.24, 2.45) is 0 Å². The Hall–Kier alpha value is -5.88. The molecule has 40 heavy (non-hydrogen) atoms. The Labute approximate surface area is 229 Å². The molecular weight excluding hydrogens is 504 g/mol. The van der Waals surface area contributed by atoms with E-state index >= 15 is 0 Å². The molecule has 9 heteroatoms. The van der Waals surface area contributed by atoms with Crippen LogP contribution in [0.2, 0.25) is 0 Å². The van der Waals surface area contributed by atoms with E-state index < -0.39 is 5.91 Å². The van der Waals surface area contributed by atoms with Crippen molar-refractivity contribution in [1.82, 2.24) is 20.3 Å². The number of anilines is 1. The molecule has 3 N–H and O–H groups in total. The molecule has 2 amide bonds. The van der Waals surface area contributed by atoms with E-state index in [-0.39, 0.29) is 29.6 Å². The average Bonchev–Trinajstić information content (AvgIpc) is 3.00. The lowest BCUT2D eigenvalue weighted by Crippen LogP contribution is -2.23. The molecule has 5 rings (SSSR count). The molecule has 3 heterocycles. The Balaban J connectivity index is 1.56. The highest BCUT2D eigenvalue weighted by Crippen LogP contribution is 2.35. The molecule has 0 aliphatic carbocycles. The number of aromatic hydroxyl groups is 1. The summed E-state index contributed by atoms with van der Waals surface area (Å²) in [4.78, 5) is 38.6. The topological polar surface area (TPSA) is 141 Å². The van der Waals surface area contributed by atoms with Crippen molar-refractivity contribution in [2.75, 3.05) is 5.32 Å². The minimum absolute atomic E-state index is 0.0142. The van der Waals surface area contributed by atoms with Crippen molar-refractivity contribution >= 4 is 17.6 Å². The zero-order chi connectivity index (χ0) is 27.9. The second kappa shape index (κ2) is 11.7. The van der Waals surface area contributed by atoms with Crippen LogP contribution in [0.15, 0.2) is 104 Å². The number of aromatic nitrogens is 3. The first-order chi connectivity index (χ1) is 19.5. The van der Waals surface area contributed by atoms with Gasteiger partial charge in [0, 0.05) is 40.8 Å². The van der Waals surface area contributed by atoms with Crippen LogP contribution in [0.4, 0.5) is 5.82 Å². The van der Waals surface area contributed by atoms with E-state index in [9.17, 15) is 20.0 Å². The first-order valence-corrected chi connectivity index (χ1v) is 12.3. The van der Waals surface area contributed by atoms with E-state index in [1.165, 1.54) is 18.5 Å². The second-order valence-electron chi connectivity index (χ2n) is 8.68. The van der Waals surface area contributed by atoms with Gasteiger partial charge in [0.1, 0.15) is 17.4 Å². The number of carbonyl (C=O) groups is 2. The fraction of sp³-hybridized carbons (Fsp3) is 0.0323. The van der Waals surface area contributed by atoms with Crippen molar-refractivity contribution in [1.29, 1.82) is 5.26 Å². The lowest BCUT2D eigenvalue weighted by atomic mass is 9.96. The van der Waals surface area contributed by atoms with Gasteiger partial charge in [-0.3, -0.25) is 19.6 Å². The van der Waals surface area contributed by atoms with Gasteiger partial charge < -0.3 is 15.7 Å². The van der Waals surface area contributed by atoms with E-state index in [0.717, 1.165) is 5.69 Å². The number of hydrogen-bond donors (Lipinski definition) is 3. The van der Waals surface area contributed by atoms with Crippen LogP contribution in [0.3, 0.4) is 0 Å². The van der Waals surface area contributed by atoms with Crippen LogP contribution >= 0.6 is 0 Å². The van der Waals surface area contributed by atoms with E-state index in [4.69, 9.17) is 0 Å². The highest BCUT2D eigenvalue weighted by molar-refractivity contribution is 6.05. The Morgan fingerprint density at radius 3 is 2.38 bits per heavy atom. The van der Waals surface area contributed by atoms with Crippen LogP contribution in [0.25, 0.3) is 22.4 Å². The summed E-state index contributed by atoms with van der Waals surface area (Å²) in [6.07, 6.45) is 4.63. The Kier molecular flexibility index (Phi) is 7.51. The molecule has 9 nitrogen and oxygen atoms in total. The molecule has 0 aliphatic heterocycles. The average molecular weight is 527 g/mol. The molecule has 0 fully saturated rings. The second-order valence-corrected chi connectivity index (χ2v) is 8.68. The van der Waals surface area contributed by atoms with Crippen molar-refractivity contribution < 1.29 is 14.7 Å². The number of nitrogens with one attached hydrogen (secondary N) is 2. The number of pyridine rings is 3. The highest BCUT2D eigenvalue weighted by Gasteiger charge is 2.20. The molecule has 0 saturated heterocycles. The van der Waals surface area contributed by atoms with E-state index in [0.29, 0.717) is 33.5 Å². The lowest BCUT2D eigenvalue weighted by molar-refractivity contribution is 0.0949. The predicted octanol–water partition coefficient (Wildman–Crippen LogP) is 4.97. The number of carbonyl (C=O) groups excluding carboxylic acids is 2. The maximum atomic E-state index is 13.0. The molecule has 3 aromatic heterocycles. The summed E-state index contributed by atoms with van der Waals surface area (Å²) >= 11 is 0. The quantitative estimate of drug-likeness (QED) is 0.272. The van der Waals surface area contributed by atoms with Gasteiger partial charge in [-0.2, -0.15) is 5.26 Å². The minimum Gasteiger partial charge on any atom is -0.507 e. The number of rotatable bonds is 7. The summed E-state index contributed by atoms with van der Waals surface area (Å²) in [5, 5.41) is 26.3. The normalized spacial score (nSPS) is 10.4. The number of phenolic OH excluding ortho intramolecular Hbond substituents is 1. The Morgan fingerprint density at radius 2 is 1.62 bits per heavy atom. The third kappa shape index (κ3) is 5.66. The third-order valence-corrected chi connectivity index (χ3v) is 6.08. The molecule has 0 bridgehead atoms. The third-order valence-electron chi connectivity index (χ3n) is 6.08. The largest absolute Gasteiger partial charge is 0.507 e. The number of para-hydroxylation sites is 1. The van der Waals surface area contributed by atoms with Crippen LogP contribution in [0.1, 0.15) is 32.0 Å². The number of benzene rings is 2. The molecule has 0 radical (unpaired) electrons. The van der Waals surface area contributed by atoms with E-state index in [1.54, 1.807) is 72.9 Å². The fourth-order valence-electron chi connectivity index (χ4n) is 4.09. The van der Waals surface area contributed by atoms with Gasteiger partial charge in [0.25, 0.3) is 11.8 Å². The zero-order valence-corrected chi connectivity index (χ0v) is 21.1. The molecule has 0 spiro atoms. The standard InChI is InChI=1S/C31H22N6O3/c32-18-26-25(21-6-5-7-22(16-21)30(39)35-19-23-8-3-4-13-34-23)17-27(24-9-1-2-10-28(24)38)36-29(26)37-31(40)20-11-14-33-15-12-20/h1-17,38H,19H2,(H,35,39)(H,36,37,40). The Bertz CT molecular complexity index is 1730. The van der Waals surface area contributed by atoms with Crippen LogP contribution in [-0.2, 0) is 6.54 Å². The van der Waals surface area contributed by atoms with Crippen LogP contribution in [0.5, 0.6) is 5.75 Å². The predicted molar refractivity (Wildman–Crippen MR) is 149 cm³/mol. The van der Waals surface area contributed by atoms with Crippen LogP contribution < -0.4 is 10.6 Å². The van der Waals surface area contributed by atoms with Gasteiger partial charge in [-0.05, 0) is 60.2 Å². The molecule has 5 aromatic rings. The number of nitrogens with zero attached hydrogens (tertiary/aromatic N) is 4. The molecule has 0 atom stereocenters. The maximum absolute atomic E-state index is 13.0. The first-order valence-electron chi connectivity index (χ1n) is 12.3. The number of hydrogen-bond acceptors (Lipinski definition) is 7. The summed E-state index contributed by atoms with van der Waals surface area (Å²) in [7, 11) is 0. The van der Waals surface area contributed by atoms with Gasteiger partial charge in [-0.15, -0.1) is 0 Å². The van der Waals surface area contributed by atoms with Crippen LogP contribution in [0, 0.1) is 11.3 Å². The van der Waals surface area contributed by atoms with Gasteiger partial charge >= 0.3 is 0 Å². The SMILES string of the molecule is N#Cc1c(-c2cccc(C(=O)NCc3ccccn3)c2)cc(-c2ccccc2O)nc1NC(=O)c1ccncc1. The van der Waals surface area contributed by atoms with E-state index in [2.05, 4.69) is 31.7 Å². The van der Waals surface area contributed by atoms with Crippen molar-refractivity contribution in [3.8, 4) is 34.2 Å². The molecule has 2 aromatic carbocycles. The van der Waals surface area contributed by atoms with Crippen LogP contribution in [-0.4, -0.2) is 31.9 Å². The Morgan fingerprint density at radius 1 is 0.825 bits per heavy atom. The fourth-order valence-corrected chi connectivity index (χ4v) is 4.09. The van der Waals surface area contributed by atoms with E-state index in [1.807, 2.05) is 12.1 Å². The number of nitriles is 1. The van der Waals surface area contributed by atoms with Crippen molar-refractivity contribution in [3.63, 3.8) is 0 Å². The van der Waals surface area contributed by atoms with Crippen molar-refractivity contribution in [2.45, 2.75) is 6.54 Å². The molecule has 0 unspecified atom stereocenters. The summed E-state index contributed by atoms with van der Waals surface area (Å²) < 4.78 is 0. The van der Waals surface area contributed by atoms with Gasteiger partial charge in [-0.25, -0.2) is 4.98 Å². The summed E-state index contributed by atoms with van der Waals surface area (Å²) in [5.41, 5.74) is 3.27. The monoisotopic (exact) mass is 526 g/mol. The highest BCUT2D eigenvalue weighted by atomic mass is 16.3. The lowest BCUT2D eigenvalue weighted by Gasteiger charge is -2.15. The smallest absolute Gasteiger partial charge is 0.256 e. The summed E-state index contributed by atoms with van der Waals surface area (Å²) in [5.74, 6) is -0.786. The number of amides is 2. The molecule has 0 saturated carbocycles. The molecule has 0 aliphatic rings. The molecule has 194 valence electrons. The van der Waals surface area contributed by atoms with Gasteiger partial charge in [0.2, 0.25) is 0 Å². The summed E-state index contributed by atoms with van der Waals surface area (Å²) in [6.45, 7) is 0.255. The summed E-state index contributed by atoms with van der Waals surface area (Å²) in [6, 6.07) is 25.8. The minimum atomic E-state index is -0.477. The number of phenols is 1. The first kappa shape index (κ1) is 25.8. The molecular formula is C31H22N6O3. The van der Waals surface area contributed by atoms with Crippen molar-refractivity contribution in [3.05, 3.63) is 126 Å².